The zero-order chi connectivity index (χ0) is 22.2. The number of amides is 3. The third kappa shape index (κ3) is 6.55. The van der Waals surface area contributed by atoms with Crippen molar-refractivity contribution >= 4 is 41.1 Å². The molecule has 0 saturated heterocycles. The highest BCUT2D eigenvalue weighted by Crippen LogP contribution is 2.13. The molecule has 6 nitrogen and oxygen atoms in total. The molecule has 3 amide bonds. The van der Waals surface area contributed by atoms with Crippen LogP contribution in [-0.2, 0) is 4.79 Å². The molecule has 0 fully saturated rings. The van der Waals surface area contributed by atoms with Gasteiger partial charge in [-0.05, 0) is 67.1 Å². The first-order valence-electron chi connectivity index (χ1n) is 9.43. The van der Waals surface area contributed by atoms with Crippen molar-refractivity contribution in [3.05, 3.63) is 106 Å². The lowest BCUT2D eigenvalue weighted by molar-refractivity contribution is -0.117. The van der Waals surface area contributed by atoms with Crippen LogP contribution >= 0.6 is 11.6 Å². The molecule has 0 spiro atoms. The quantitative estimate of drug-likeness (QED) is 0.412. The lowest BCUT2D eigenvalue weighted by Crippen LogP contribution is -2.40. The first kappa shape index (κ1) is 21.8. The molecule has 0 aliphatic carbocycles. The van der Waals surface area contributed by atoms with Crippen molar-refractivity contribution in [2.45, 2.75) is 6.92 Å². The molecule has 156 valence electrons. The van der Waals surface area contributed by atoms with Crippen LogP contribution in [0.5, 0.6) is 0 Å². The van der Waals surface area contributed by atoms with E-state index in [1.165, 1.54) is 6.08 Å². The Labute approximate surface area is 184 Å². The number of nitrogens with one attached hydrogen (secondary N) is 3. The second kappa shape index (κ2) is 10.2. The fraction of sp³-hybridized carbons (Fsp3) is 0.0417. The molecular formula is C24H20ClN3O3. The Morgan fingerprint density at radius 3 is 2.19 bits per heavy atom. The molecule has 7 heteroatoms. The van der Waals surface area contributed by atoms with E-state index in [0.717, 1.165) is 11.1 Å². The van der Waals surface area contributed by atoms with E-state index in [0.29, 0.717) is 21.8 Å². The maximum absolute atomic E-state index is 12.3. The van der Waals surface area contributed by atoms with Gasteiger partial charge < -0.3 is 5.32 Å². The number of hydrogen-bond donors (Lipinski definition) is 3. The van der Waals surface area contributed by atoms with Crippen molar-refractivity contribution in [1.29, 1.82) is 0 Å². The summed E-state index contributed by atoms with van der Waals surface area (Å²) >= 11 is 5.81. The van der Waals surface area contributed by atoms with Crippen molar-refractivity contribution in [1.82, 2.24) is 10.9 Å². The Kier molecular flexibility index (Phi) is 7.19. The largest absolute Gasteiger partial charge is 0.322 e. The van der Waals surface area contributed by atoms with Crippen LogP contribution in [0.3, 0.4) is 0 Å². The molecule has 0 aromatic heterocycles. The van der Waals surface area contributed by atoms with Gasteiger partial charge in [0.25, 0.3) is 17.7 Å². The SMILES string of the molecule is Cc1cccc(C(=O)Nc2ccc(C(=O)NNC(=O)/C=C/c3ccc(Cl)cc3)cc2)c1. The van der Waals surface area contributed by atoms with Crippen molar-refractivity contribution in [3.8, 4) is 0 Å². The van der Waals surface area contributed by atoms with Crippen molar-refractivity contribution < 1.29 is 14.4 Å². The summed E-state index contributed by atoms with van der Waals surface area (Å²) in [6.07, 6.45) is 2.90. The molecule has 0 saturated carbocycles. The summed E-state index contributed by atoms with van der Waals surface area (Å²) < 4.78 is 0. The molecule has 0 unspecified atom stereocenters. The number of hydrazine groups is 1. The summed E-state index contributed by atoms with van der Waals surface area (Å²) in [5.74, 6) is -1.20. The van der Waals surface area contributed by atoms with Gasteiger partial charge in [-0.2, -0.15) is 0 Å². The predicted octanol–water partition coefficient (Wildman–Crippen LogP) is 4.38. The average molecular weight is 434 g/mol. The number of halogens is 1. The summed E-state index contributed by atoms with van der Waals surface area (Å²) in [5, 5.41) is 3.39. The van der Waals surface area contributed by atoms with Gasteiger partial charge in [0.15, 0.2) is 0 Å². The predicted molar refractivity (Wildman–Crippen MR) is 122 cm³/mol. The smallest absolute Gasteiger partial charge is 0.269 e. The van der Waals surface area contributed by atoms with Gasteiger partial charge in [0.05, 0.1) is 0 Å². The Hall–Kier alpha value is -3.90. The normalized spacial score (nSPS) is 10.5. The highest BCUT2D eigenvalue weighted by atomic mass is 35.5. The molecule has 0 aliphatic rings. The first-order valence-corrected chi connectivity index (χ1v) is 9.80. The zero-order valence-corrected chi connectivity index (χ0v) is 17.4. The van der Waals surface area contributed by atoms with E-state index in [1.54, 1.807) is 66.7 Å². The highest BCUT2D eigenvalue weighted by molar-refractivity contribution is 6.30. The molecule has 0 heterocycles. The van der Waals surface area contributed by atoms with Gasteiger partial charge in [-0.1, -0.05) is 41.4 Å². The Morgan fingerprint density at radius 1 is 0.806 bits per heavy atom. The zero-order valence-electron chi connectivity index (χ0n) is 16.7. The van der Waals surface area contributed by atoms with Gasteiger partial charge in [0, 0.05) is 27.9 Å². The third-order valence-electron chi connectivity index (χ3n) is 4.28. The highest BCUT2D eigenvalue weighted by Gasteiger charge is 2.09. The molecule has 3 N–H and O–H groups in total. The number of carbonyl (C=O) groups excluding carboxylic acids is 3. The van der Waals surface area contributed by atoms with Crippen molar-refractivity contribution in [2.75, 3.05) is 5.32 Å². The first-order chi connectivity index (χ1) is 14.9. The number of rotatable bonds is 5. The summed E-state index contributed by atoms with van der Waals surface area (Å²) in [6, 6.07) is 20.6. The van der Waals surface area contributed by atoms with E-state index in [2.05, 4.69) is 16.2 Å². The molecule has 3 aromatic rings. The second-order valence-electron chi connectivity index (χ2n) is 6.73. The van der Waals surface area contributed by atoms with Crippen LogP contribution in [0.1, 0.15) is 31.8 Å². The summed E-state index contributed by atoms with van der Waals surface area (Å²) in [6.45, 7) is 1.91. The van der Waals surface area contributed by atoms with Gasteiger partial charge >= 0.3 is 0 Å². The molecule has 3 rings (SSSR count). The molecule has 0 bridgehead atoms. The van der Waals surface area contributed by atoms with E-state index in [-0.39, 0.29) is 5.91 Å². The van der Waals surface area contributed by atoms with Crippen LogP contribution in [0.25, 0.3) is 6.08 Å². The molecule has 0 atom stereocenters. The van der Waals surface area contributed by atoms with E-state index in [4.69, 9.17) is 11.6 Å². The minimum Gasteiger partial charge on any atom is -0.322 e. The van der Waals surface area contributed by atoms with Crippen molar-refractivity contribution in [3.63, 3.8) is 0 Å². The Bertz CT molecular complexity index is 1120. The van der Waals surface area contributed by atoms with Gasteiger partial charge in [-0.25, -0.2) is 0 Å². The van der Waals surface area contributed by atoms with Crippen LogP contribution in [0, 0.1) is 6.92 Å². The standard InChI is InChI=1S/C24H20ClN3O3/c1-16-3-2-4-19(15-16)23(30)26-21-12-8-18(9-13-21)24(31)28-27-22(29)14-7-17-5-10-20(25)11-6-17/h2-15H,1H3,(H,26,30)(H,27,29)(H,28,31)/b14-7+. The number of anilines is 1. The number of hydrogen-bond acceptors (Lipinski definition) is 3. The summed E-state index contributed by atoms with van der Waals surface area (Å²) in [7, 11) is 0. The van der Waals surface area contributed by atoms with Gasteiger partial charge in [0.2, 0.25) is 0 Å². The van der Waals surface area contributed by atoms with Crippen LogP contribution in [0.15, 0.2) is 78.9 Å². The van der Waals surface area contributed by atoms with Crippen molar-refractivity contribution in [2.24, 2.45) is 0 Å². The topological polar surface area (TPSA) is 87.3 Å². The maximum atomic E-state index is 12.3. The van der Waals surface area contributed by atoms with E-state index >= 15 is 0 Å². The number of aryl methyl sites for hydroxylation is 1. The number of benzene rings is 3. The monoisotopic (exact) mass is 433 g/mol. The molecule has 0 radical (unpaired) electrons. The average Bonchev–Trinajstić information content (AvgIpc) is 2.77. The number of carbonyl (C=O) groups is 3. The summed E-state index contributed by atoms with van der Waals surface area (Å²) in [4.78, 5) is 36.4. The fourth-order valence-corrected chi connectivity index (χ4v) is 2.80. The van der Waals surface area contributed by atoms with Gasteiger partial charge in [0.1, 0.15) is 0 Å². The van der Waals surface area contributed by atoms with E-state index in [9.17, 15) is 14.4 Å². The second-order valence-corrected chi connectivity index (χ2v) is 7.17. The Morgan fingerprint density at radius 2 is 1.52 bits per heavy atom. The van der Waals surface area contributed by atoms with E-state index in [1.807, 2.05) is 19.1 Å². The van der Waals surface area contributed by atoms with Gasteiger partial charge in [-0.15, -0.1) is 0 Å². The molecule has 31 heavy (non-hydrogen) atoms. The van der Waals surface area contributed by atoms with Crippen LogP contribution in [0.4, 0.5) is 5.69 Å². The summed E-state index contributed by atoms with van der Waals surface area (Å²) in [5.41, 5.74) is 7.88. The Balaban J connectivity index is 1.51. The van der Waals surface area contributed by atoms with E-state index < -0.39 is 11.8 Å². The van der Waals surface area contributed by atoms with Gasteiger partial charge in [-0.3, -0.25) is 25.2 Å². The maximum Gasteiger partial charge on any atom is 0.269 e. The molecule has 0 aliphatic heterocycles. The lowest BCUT2D eigenvalue weighted by Gasteiger charge is -2.08. The fourth-order valence-electron chi connectivity index (χ4n) is 2.67. The lowest BCUT2D eigenvalue weighted by atomic mass is 10.1. The molecule has 3 aromatic carbocycles. The van der Waals surface area contributed by atoms with Crippen LogP contribution < -0.4 is 16.2 Å². The minimum absolute atomic E-state index is 0.236. The third-order valence-corrected chi connectivity index (χ3v) is 4.53. The van der Waals surface area contributed by atoms with Crippen LogP contribution in [0.2, 0.25) is 5.02 Å². The molecular weight excluding hydrogens is 414 g/mol. The van der Waals surface area contributed by atoms with Crippen LogP contribution in [-0.4, -0.2) is 17.7 Å². The minimum atomic E-state index is -0.482.